The molecule has 1 fully saturated rings. The number of likely N-dealkylation sites (N-methyl/N-ethyl adjacent to an activating group) is 1. The molecule has 4 heterocycles. The van der Waals surface area contributed by atoms with Gasteiger partial charge in [-0.05, 0) is 0 Å². The molecule has 0 bridgehead atoms. The minimum atomic E-state index is -0.416. The van der Waals surface area contributed by atoms with Crippen LogP contribution >= 0.6 is 0 Å². The summed E-state index contributed by atoms with van der Waals surface area (Å²) in [6.45, 7) is 1.44. The molecule has 1 saturated heterocycles. The first kappa shape index (κ1) is 12.9. The Balaban J connectivity index is 1.52. The Morgan fingerprint density at radius 2 is 2.18 bits per heavy atom. The molecule has 1 aliphatic heterocycles. The third-order valence-corrected chi connectivity index (χ3v) is 3.89. The Bertz CT molecular complexity index is 812. The molecule has 0 amide bonds. The minimum absolute atomic E-state index is 0.161. The van der Waals surface area contributed by atoms with Gasteiger partial charge in [-0.2, -0.15) is 0 Å². The maximum absolute atomic E-state index is 13.7. The molecule has 0 radical (unpaired) electrons. The molecule has 4 rings (SSSR count). The van der Waals surface area contributed by atoms with Gasteiger partial charge in [0.25, 0.3) is 0 Å². The normalized spacial score (nSPS) is 15.1. The molecular formula is C13H13FN8. The van der Waals surface area contributed by atoms with Gasteiger partial charge in [-0.25, -0.2) is 19.3 Å². The van der Waals surface area contributed by atoms with E-state index < -0.39 is 5.82 Å². The molecule has 0 aromatic carbocycles. The van der Waals surface area contributed by atoms with E-state index in [4.69, 9.17) is 0 Å². The van der Waals surface area contributed by atoms with E-state index in [9.17, 15) is 4.39 Å². The van der Waals surface area contributed by atoms with Gasteiger partial charge in [0.1, 0.15) is 12.7 Å². The van der Waals surface area contributed by atoms with E-state index in [1.807, 2.05) is 16.3 Å². The SMILES string of the molecule is CN(c1ncncc1F)C1CN(c2nccn3cnnc23)C1. The molecular weight excluding hydrogens is 287 g/mol. The van der Waals surface area contributed by atoms with E-state index in [0.29, 0.717) is 5.82 Å². The Kier molecular flexibility index (Phi) is 2.84. The van der Waals surface area contributed by atoms with E-state index >= 15 is 0 Å². The van der Waals surface area contributed by atoms with Gasteiger partial charge in [-0.15, -0.1) is 10.2 Å². The summed E-state index contributed by atoms with van der Waals surface area (Å²) in [6.07, 6.45) is 7.68. The molecule has 0 unspecified atom stereocenters. The highest BCUT2D eigenvalue weighted by Gasteiger charge is 2.34. The highest BCUT2D eigenvalue weighted by molar-refractivity contribution is 5.65. The van der Waals surface area contributed by atoms with E-state index in [-0.39, 0.29) is 6.04 Å². The lowest BCUT2D eigenvalue weighted by Crippen LogP contribution is -2.59. The number of hydrogen-bond acceptors (Lipinski definition) is 7. The summed E-state index contributed by atoms with van der Waals surface area (Å²) in [5.41, 5.74) is 0.719. The second-order valence-electron chi connectivity index (χ2n) is 5.18. The van der Waals surface area contributed by atoms with Gasteiger partial charge >= 0.3 is 0 Å². The van der Waals surface area contributed by atoms with Gasteiger partial charge in [0.2, 0.25) is 5.65 Å². The van der Waals surface area contributed by atoms with Gasteiger partial charge in [0.05, 0.1) is 12.2 Å². The van der Waals surface area contributed by atoms with Crippen LogP contribution in [0.4, 0.5) is 16.0 Å². The Labute approximate surface area is 125 Å². The van der Waals surface area contributed by atoms with Gasteiger partial charge in [0, 0.05) is 32.5 Å². The largest absolute Gasteiger partial charge is 0.351 e. The summed E-state index contributed by atoms with van der Waals surface area (Å²) in [5.74, 6) is 0.683. The van der Waals surface area contributed by atoms with Crippen molar-refractivity contribution in [3.63, 3.8) is 0 Å². The van der Waals surface area contributed by atoms with Gasteiger partial charge in [-0.1, -0.05) is 0 Å². The second-order valence-corrected chi connectivity index (χ2v) is 5.18. The summed E-state index contributed by atoms with van der Waals surface area (Å²) < 4.78 is 15.6. The molecule has 1 aliphatic rings. The first-order valence-corrected chi connectivity index (χ1v) is 6.81. The molecule has 8 nitrogen and oxygen atoms in total. The molecule has 0 N–H and O–H groups in total. The van der Waals surface area contributed by atoms with Crippen LogP contribution in [0.25, 0.3) is 5.65 Å². The fraction of sp³-hybridized carbons (Fsp3) is 0.308. The summed E-state index contributed by atoms with van der Waals surface area (Å²) in [4.78, 5) is 16.0. The van der Waals surface area contributed by atoms with Crippen molar-refractivity contribution in [2.24, 2.45) is 0 Å². The predicted octanol–water partition coefficient (Wildman–Crippen LogP) is 0.378. The van der Waals surface area contributed by atoms with Crippen LogP contribution in [0, 0.1) is 5.82 Å². The molecule has 0 spiro atoms. The van der Waals surface area contributed by atoms with Gasteiger partial charge in [0.15, 0.2) is 17.5 Å². The number of rotatable bonds is 3. The van der Waals surface area contributed by atoms with E-state index in [1.54, 1.807) is 18.7 Å². The van der Waals surface area contributed by atoms with Crippen LogP contribution in [0.15, 0.2) is 31.2 Å². The zero-order valence-electron chi connectivity index (χ0n) is 11.8. The van der Waals surface area contributed by atoms with Crippen LogP contribution in [-0.4, -0.2) is 55.7 Å². The van der Waals surface area contributed by atoms with Crippen molar-refractivity contribution >= 4 is 17.3 Å². The zero-order valence-corrected chi connectivity index (χ0v) is 11.8. The monoisotopic (exact) mass is 300 g/mol. The first-order valence-electron chi connectivity index (χ1n) is 6.81. The number of fused-ring (bicyclic) bond motifs is 1. The Morgan fingerprint density at radius 3 is 3.00 bits per heavy atom. The summed E-state index contributed by atoms with van der Waals surface area (Å²) in [5, 5.41) is 7.96. The Morgan fingerprint density at radius 1 is 1.32 bits per heavy atom. The molecule has 9 heteroatoms. The van der Waals surface area contributed by atoms with Crippen LogP contribution < -0.4 is 9.80 Å². The zero-order chi connectivity index (χ0) is 15.1. The van der Waals surface area contributed by atoms with Crippen molar-refractivity contribution in [3.05, 3.63) is 37.1 Å². The van der Waals surface area contributed by atoms with Crippen LogP contribution in [0.2, 0.25) is 0 Å². The number of halogens is 1. The quantitative estimate of drug-likeness (QED) is 0.692. The van der Waals surface area contributed by atoms with Crippen LogP contribution in [0.1, 0.15) is 0 Å². The van der Waals surface area contributed by atoms with Crippen LogP contribution in [0.5, 0.6) is 0 Å². The third-order valence-electron chi connectivity index (χ3n) is 3.89. The Hall–Kier alpha value is -2.84. The number of hydrogen-bond donors (Lipinski definition) is 0. The smallest absolute Gasteiger partial charge is 0.203 e. The van der Waals surface area contributed by atoms with Crippen LogP contribution in [-0.2, 0) is 0 Å². The number of aromatic nitrogens is 6. The van der Waals surface area contributed by atoms with Gasteiger partial charge < -0.3 is 9.80 Å². The summed E-state index contributed by atoms with van der Waals surface area (Å²) in [7, 11) is 1.83. The standard InChI is InChI=1S/C13H13FN8/c1-20(11-10(14)4-15-7-17-11)9-5-22(6-9)12-13-19-18-8-21(13)3-2-16-12/h2-4,7-9H,5-6H2,1H3. The van der Waals surface area contributed by atoms with Crippen molar-refractivity contribution in [2.45, 2.75) is 6.04 Å². The summed E-state index contributed by atoms with van der Waals surface area (Å²) >= 11 is 0. The molecule has 0 aliphatic carbocycles. The first-order chi connectivity index (χ1) is 10.7. The average Bonchev–Trinajstić information content (AvgIpc) is 2.95. The predicted molar refractivity (Wildman–Crippen MR) is 77.2 cm³/mol. The van der Waals surface area contributed by atoms with Gasteiger partial charge in [-0.3, -0.25) is 4.40 Å². The van der Waals surface area contributed by atoms with Crippen molar-refractivity contribution in [3.8, 4) is 0 Å². The van der Waals surface area contributed by atoms with Crippen molar-refractivity contribution < 1.29 is 4.39 Å². The molecule has 112 valence electrons. The highest BCUT2D eigenvalue weighted by Crippen LogP contribution is 2.26. The van der Waals surface area contributed by atoms with E-state index in [2.05, 4.69) is 30.0 Å². The lowest BCUT2D eigenvalue weighted by molar-refractivity contribution is 0.480. The summed E-state index contributed by atoms with van der Waals surface area (Å²) in [6, 6.07) is 0.161. The van der Waals surface area contributed by atoms with Crippen molar-refractivity contribution in [1.29, 1.82) is 0 Å². The maximum Gasteiger partial charge on any atom is 0.203 e. The average molecular weight is 300 g/mol. The molecule has 3 aromatic heterocycles. The minimum Gasteiger partial charge on any atom is -0.351 e. The van der Waals surface area contributed by atoms with Crippen molar-refractivity contribution in [1.82, 2.24) is 29.5 Å². The topological polar surface area (TPSA) is 75.3 Å². The molecule has 0 atom stereocenters. The molecule has 0 saturated carbocycles. The number of nitrogens with zero attached hydrogens (tertiary/aromatic N) is 8. The van der Waals surface area contributed by atoms with E-state index in [1.165, 1.54) is 12.5 Å². The highest BCUT2D eigenvalue weighted by atomic mass is 19.1. The van der Waals surface area contributed by atoms with Crippen LogP contribution in [0.3, 0.4) is 0 Å². The number of anilines is 2. The lowest BCUT2D eigenvalue weighted by atomic mass is 10.1. The second kappa shape index (κ2) is 4.86. The molecule has 3 aromatic rings. The fourth-order valence-corrected chi connectivity index (χ4v) is 2.58. The third kappa shape index (κ3) is 1.93. The molecule has 22 heavy (non-hydrogen) atoms. The maximum atomic E-state index is 13.7. The lowest BCUT2D eigenvalue weighted by Gasteiger charge is -2.44. The van der Waals surface area contributed by atoms with Crippen molar-refractivity contribution in [2.75, 3.05) is 29.9 Å². The van der Waals surface area contributed by atoms with E-state index in [0.717, 1.165) is 24.6 Å². The fourth-order valence-electron chi connectivity index (χ4n) is 2.58.